The summed E-state index contributed by atoms with van der Waals surface area (Å²) in [7, 11) is 0. The second-order valence-corrected chi connectivity index (χ2v) is 5.71. The van der Waals surface area contributed by atoms with E-state index in [1.54, 1.807) is 0 Å². The topological polar surface area (TPSA) is 83.7 Å². The maximum Gasteiger partial charge on any atom is 0.338 e. The second kappa shape index (κ2) is 4.98. The van der Waals surface area contributed by atoms with Crippen LogP contribution in [0.4, 0.5) is 15.8 Å². The van der Waals surface area contributed by atoms with E-state index in [0.29, 0.717) is 12.5 Å². The van der Waals surface area contributed by atoms with Crippen LogP contribution < -0.4 is 4.90 Å². The molecule has 1 aromatic carbocycles. The van der Waals surface area contributed by atoms with Gasteiger partial charge in [0.15, 0.2) is 0 Å². The zero-order valence-electron chi connectivity index (χ0n) is 11.3. The van der Waals surface area contributed by atoms with Crippen molar-refractivity contribution in [1.29, 1.82) is 0 Å². The van der Waals surface area contributed by atoms with E-state index in [-0.39, 0.29) is 17.4 Å². The Bertz CT molecular complexity index is 611. The van der Waals surface area contributed by atoms with Crippen molar-refractivity contribution in [1.82, 2.24) is 0 Å². The maximum absolute atomic E-state index is 13.7. The fourth-order valence-corrected chi connectivity index (χ4v) is 2.50. The minimum absolute atomic E-state index is 0.205. The smallest absolute Gasteiger partial charge is 0.338 e. The van der Waals surface area contributed by atoms with Crippen LogP contribution in [-0.4, -0.2) is 28.6 Å². The Morgan fingerprint density at radius 3 is 2.52 bits per heavy atom. The molecule has 0 aliphatic heterocycles. The second-order valence-electron chi connectivity index (χ2n) is 5.71. The highest BCUT2D eigenvalue weighted by Crippen LogP contribution is 2.41. The number of carboxylic acids is 1. The SMILES string of the molecule is O=C(O)c1cc(N(CC2CC2)C2CC2)c([N+](=O)[O-])cc1F. The van der Waals surface area contributed by atoms with Gasteiger partial charge in [-0.2, -0.15) is 0 Å². The normalized spacial score (nSPS) is 17.6. The lowest BCUT2D eigenvalue weighted by Gasteiger charge is -2.24. The van der Waals surface area contributed by atoms with E-state index in [9.17, 15) is 19.3 Å². The molecule has 0 unspecified atom stereocenters. The van der Waals surface area contributed by atoms with E-state index in [4.69, 9.17) is 5.11 Å². The molecule has 1 N–H and O–H groups in total. The van der Waals surface area contributed by atoms with Gasteiger partial charge >= 0.3 is 5.97 Å². The van der Waals surface area contributed by atoms with Gasteiger partial charge in [-0.25, -0.2) is 9.18 Å². The number of nitrogens with zero attached hydrogens (tertiary/aromatic N) is 2. The molecule has 0 bridgehead atoms. The van der Waals surface area contributed by atoms with Crippen molar-refractivity contribution < 1.29 is 19.2 Å². The number of benzene rings is 1. The molecule has 0 radical (unpaired) electrons. The zero-order valence-corrected chi connectivity index (χ0v) is 11.3. The Morgan fingerprint density at radius 2 is 2.05 bits per heavy atom. The van der Waals surface area contributed by atoms with E-state index in [1.807, 2.05) is 4.90 Å². The van der Waals surface area contributed by atoms with Crippen molar-refractivity contribution in [2.75, 3.05) is 11.4 Å². The van der Waals surface area contributed by atoms with Crippen molar-refractivity contribution in [3.8, 4) is 0 Å². The van der Waals surface area contributed by atoms with Crippen LogP contribution in [0.2, 0.25) is 0 Å². The van der Waals surface area contributed by atoms with Crippen LogP contribution in [0, 0.1) is 21.8 Å². The van der Waals surface area contributed by atoms with Crippen molar-refractivity contribution >= 4 is 17.3 Å². The number of aromatic carboxylic acids is 1. The van der Waals surface area contributed by atoms with E-state index >= 15 is 0 Å². The lowest BCUT2D eigenvalue weighted by molar-refractivity contribution is -0.384. The first-order valence-corrected chi connectivity index (χ1v) is 6.95. The lowest BCUT2D eigenvalue weighted by atomic mass is 10.1. The molecule has 2 fully saturated rings. The average molecular weight is 294 g/mol. The summed E-state index contributed by atoms with van der Waals surface area (Å²) in [6.45, 7) is 0.677. The van der Waals surface area contributed by atoms with Crippen LogP contribution in [0.5, 0.6) is 0 Å². The summed E-state index contributed by atoms with van der Waals surface area (Å²) >= 11 is 0. The molecule has 0 spiro atoms. The zero-order chi connectivity index (χ0) is 15.1. The molecule has 0 atom stereocenters. The van der Waals surface area contributed by atoms with Gasteiger partial charge in [-0.1, -0.05) is 0 Å². The Labute approximate surface area is 120 Å². The fourth-order valence-electron chi connectivity index (χ4n) is 2.50. The molecule has 0 heterocycles. The van der Waals surface area contributed by atoms with Gasteiger partial charge < -0.3 is 10.0 Å². The fraction of sp³-hybridized carbons (Fsp3) is 0.500. The molecule has 2 saturated carbocycles. The molecule has 0 amide bonds. The van der Waals surface area contributed by atoms with Gasteiger partial charge in [-0.05, 0) is 37.7 Å². The molecule has 7 heteroatoms. The number of nitro benzene ring substituents is 1. The highest BCUT2D eigenvalue weighted by Gasteiger charge is 2.37. The molecule has 0 saturated heterocycles. The first kappa shape index (κ1) is 13.8. The lowest BCUT2D eigenvalue weighted by Crippen LogP contribution is -2.29. The van der Waals surface area contributed by atoms with E-state index < -0.39 is 22.3 Å². The van der Waals surface area contributed by atoms with Crippen LogP contribution in [-0.2, 0) is 0 Å². The molecule has 1 aromatic rings. The number of hydrogen-bond donors (Lipinski definition) is 1. The van der Waals surface area contributed by atoms with Gasteiger partial charge in [0.2, 0.25) is 0 Å². The summed E-state index contributed by atoms with van der Waals surface area (Å²) in [5, 5.41) is 20.2. The molecular weight excluding hydrogens is 279 g/mol. The minimum Gasteiger partial charge on any atom is -0.478 e. The number of halogens is 1. The molecule has 21 heavy (non-hydrogen) atoms. The van der Waals surface area contributed by atoms with Crippen molar-refractivity contribution in [2.24, 2.45) is 5.92 Å². The number of carbonyl (C=O) groups is 1. The molecule has 3 rings (SSSR count). The van der Waals surface area contributed by atoms with Crippen LogP contribution in [0.3, 0.4) is 0 Å². The third-order valence-corrected chi connectivity index (χ3v) is 3.94. The molecule has 2 aliphatic rings. The highest BCUT2D eigenvalue weighted by atomic mass is 19.1. The number of hydrogen-bond acceptors (Lipinski definition) is 4. The summed E-state index contributed by atoms with van der Waals surface area (Å²) in [5.74, 6) is -1.98. The third-order valence-electron chi connectivity index (χ3n) is 3.94. The Kier molecular flexibility index (Phi) is 3.27. The minimum atomic E-state index is -1.41. The van der Waals surface area contributed by atoms with Crippen LogP contribution in [0.15, 0.2) is 12.1 Å². The molecule has 112 valence electrons. The predicted molar refractivity (Wildman–Crippen MR) is 73.1 cm³/mol. The first-order chi connectivity index (χ1) is 9.97. The number of anilines is 1. The summed E-state index contributed by atoms with van der Waals surface area (Å²) < 4.78 is 13.7. The van der Waals surface area contributed by atoms with Crippen LogP contribution in [0.25, 0.3) is 0 Å². The summed E-state index contributed by atoms with van der Waals surface area (Å²) in [6.07, 6.45) is 4.04. The number of carboxylic acid groups (broad SMARTS) is 1. The van der Waals surface area contributed by atoms with Crippen LogP contribution >= 0.6 is 0 Å². The Morgan fingerprint density at radius 1 is 1.38 bits per heavy atom. The average Bonchev–Trinajstić information content (AvgIpc) is 3.28. The van der Waals surface area contributed by atoms with Gasteiger partial charge in [0.1, 0.15) is 11.5 Å². The molecule has 0 aromatic heterocycles. The molecule has 6 nitrogen and oxygen atoms in total. The summed E-state index contributed by atoms with van der Waals surface area (Å²) in [5.41, 5.74) is -0.643. The monoisotopic (exact) mass is 294 g/mol. The van der Waals surface area contributed by atoms with E-state index in [1.165, 1.54) is 0 Å². The first-order valence-electron chi connectivity index (χ1n) is 6.95. The van der Waals surface area contributed by atoms with Crippen LogP contribution in [0.1, 0.15) is 36.0 Å². The Balaban J connectivity index is 2.05. The maximum atomic E-state index is 13.7. The quantitative estimate of drug-likeness (QED) is 0.644. The summed E-state index contributed by atoms with van der Waals surface area (Å²) in [4.78, 5) is 23.5. The van der Waals surface area contributed by atoms with Crippen molar-refractivity contribution in [3.63, 3.8) is 0 Å². The summed E-state index contributed by atoms with van der Waals surface area (Å²) in [6, 6.07) is 2.04. The Hall–Kier alpha value is -2.18. The van der Waals surface area contributed by atoms with Gasteiger partial charge in [0.25, 0.3) is 5.69 Å². The van der Waals surface area contributed by atoms with Gasteiger partial charge in [0, 0.05) is 12.6 Å². The number of rotatable bonds is 6. The molecule has 2 aliphatic carbocycles. The van der Waals surface area contributed by atoms with Crippen molar-refractivity contribution in [3.05, 3.63) is 33.6 Å². The third kappa shape index (κ3) is 2.81. The largest absolute Gasteiger partial charge is 0.478 e. The van der Waals surface area contributed by atoms with Gasteiger partial charge in [-0.15, -0.1) is 0 Å². The number of nitro groups is 1. The van der Waals surface area contributed by atoms with E-state index in [0.717, 1.165) is 37.8 Å². The van der Waals surface area contributed by atoms with Gasteiger partial charge in [0.05, 0.1) is 16.6 Å². The predicted octanol–water partition coefficient (Wildman–Crippen LogP) is 2.81. The standard InChI is InChI=1S/C14H15FN2O4/c15-11-6-13(17(20)21)12(5-10(11)14(18)19)16(9-3-4-9)7-8-1-2-8/h5-6,8-9H,1-4,7H2,(H,18,19). The van der Waals surface area contributed by atoms with Crippen molar-refractivity contribution in [2.45, 2.75) is 31.7 Å². The highest BCUT2D eigenvalue weighted by molar-refractivity contribution is 5.90. The van der Waals surface area contributed by atoms with E-state index in [2.05, 4.69) is 0 Å². The molecular formula is C14H15FN2O4. The van der Waals surface area contributed by atoms with Gasteiger partial charge in [-0.3, -0.25) is 10.1 Å².